The first-order valence-electron chi connectivity index (χ1n) is 13.8. The molecule has 19 nitrogen and oxygen atoms in total. The first kappa shape index (κ1) is 34.1. The van der Waals surface area contributed by atoms with Crippen molar-refractivity contribution >= 4 is 0 Å². The lowest BCUT2D eigenvalue weighted by Gasteiger charge is -2.47. The Bertz CT molecular complexity index is 866. The number of aliphatic hydroxyl groups is 8. The smallest absolute Gasteiger partial charge is 0.187 e. The average Bonchev–Trinajstić information content (AvgIpc) is 3.27. The van der Waals surface area contributed by atoms with E-state index in [1.54, 1.807) is 0 Å². The van der Waals surface area contributed by atoms with E-state index in [2.05, 4.69) is 0 Å². The maximum Gasteiger partial charge on any atom is 0.187 e. The van der Waals surface area contributed by atoms with E-state index in [9.17, 15) is 40.9 Å². The van der Waals surface area contributed by atoms with Crippen molar-refractivity contribution in [2.75, 3.05) is 19.8 Å². The molecule has 0 aromatic rings. The van der Waals surface area contributed by atoms with Crippen LogP contribution in [-0.4, -0.2) is 177 Å². The Morgan fingerprint density at radius 3 is 1.55 bits per heavy atom. The third-order valence-corrected chi connectivity index (χ3v) is 8.32. The van der Waals surface area contributed by atoms with Crippen molar-refractivity contribution in [1.29, 1.82) is 0 Å². The van der Waals surface area contributed by atoms with Crippen molar-refractivity contribution in [1.82, 2.24) is 0 Å². The number of nitrogens with two attached hydrogens (primary N) is 5. The molecule has 19 atom stereocenters. The SMILES string of the molecule is NC[C@@H]1O[C@H](O[C@H]2[C@@H](O)[C@H](O[C@H]3[C@@H](O)[C@H](N)C[C@H](N)[C@H]3O[C@@H]3O[C@H](CO)[C@@H](O)[C@H](O)[C@H]3N)O[C@@H]2CO)[C@H](N)[C@@H](O)[C@@H]1O. The summed E-state index contributed by atoms with van der Waals surface area (Å²) >= 11 is 0. The van der Waals surface area contributed by atoms with Gasteiger partial charge >= 0.3 is 0 Å². The zero-order chi connectivity index (χ0) is 31.0. The highest BCUT2D eigenvalue weighted by Crippen LogP contribution is 2.34. The van der Waals surface area contributed by atoms with E-state index in [-0.39, 0.29) is 13.0 Å². The molecule has 0 aromatic heterocycles. The van der Waals surface area contributed by atoms with Crippen LogP contribution in [0, 0.1) is 0 Å². The fraction of sp³-hybridized carbons (Fsp3) is 1.00. The van der Waals surface area contributed by atoms with Gasteiger partial charge in [-0.05, 0) is 6.42 Å². The van der Waals surface area contributed by atoms with Crippen molar-refractivity contribution in [2.45, 2.75) is 123 Å². The summed E-state index contributed by atoms with van der Waals surface area (Å²) in [5, 5.41) is 82.3. The fourth-order valence-corrected chi connectivity index (χ4v) is 5.70. The molecule has 0 aromatic carbocycles. The van der Waals surface area contributed by atoms with Gasteiger partial charge in [-0.2, -0.15) is 0 Å². The molecule has 1 saturated carbocycles. The minimum atomic E-state index is -1.62. The Hall–Kier alpha value is -0.760. The molecule has 246 valence electrons. The van der Waals surface area contributed by atoms with E-state index in [1.807, 2.05) is 0 Å². The molecule has 3 saturated heterocycles. The summed E-state index contributed by atoms with van der Waals surface area (Å²) in [5.74, 6) is 0. The molecule has 1 aliphatic carbocycles. The van der Waals surface area contributed by atoms with Gasteiger partial charge in [0.25, 0.3) is 0 Å². The van der Waals surface area contributed by atoms with Gasteiger partial charge in [0.1, 0.15) is 67.1 Å². The molecule has 0 unspecified atom stereocenters. The standard InChI is InChI=1S/C23H45N5O14/c24-2-7-13(32)15(34)10(27)21(37-7)41-19-9(4-30)39-23(17(19)36)42-20-12(31)5(25)1-6(26)18(20)40-22-11(28)16(35)14(33)8(3-29)38-22/h5-23,29-36H,1-4,24-28H2/t5-,6+,7+,8-,9-,10-,11-,12+,13-,14-,15-,16-,17-,18-,19-,20+,21-,22+,23+/m1/s1. The lowest BCUT2D eigenvalue weighted by atomic mass is 9.84. The molecule has 0 spiro atoms. The Labute approximate surface area is 240 Å². The average molecular weight is 616 g/mol. The molecular weight excluding hydrogens is 570 g/mol. The summed E-state index contributed by atoms with van der Waals surface area (Å²) in [5.41, 5.74) is 29.9. The molecule has 3 aliphatic heterocycles. The number of aliphatic hydroxyl groups excluding tert-OH is 8. The minimum Gasteiger partial charge on any atom is -0.394 e. The van der Waals surface area contributed by atoms with Gasteiger partial charge in [-0.3, -0.25) is 0 Å². The summed E-state index contributed by atoms with van der Waals surface area (Å²) in [7, 11) is 0. The maximum absolute atomic E-state index is 11.1. The number of rotatable bonds is 9. The van der Waals surface area contributed by atoms with E-state index in [1.165, 1.54) is 0 Å². The summed E-state index contributed by atoms with van der Waals surface area (Å²) < 4.78 is 34.4. The van der Waals surface area contributed by atoms with Gasteiger partial charge in [-0.1, -0.05) is 0 Å². The number of hydrogen-bond acceptors (Lipinski definition) is 19. The first-order chi connectivity index (χ1) is 19.8. The highest BCUT2D eigenvalue weighted by molar-refractivity contribution is 5.02. The van der Waals surface area contributed by atoms with E-state index < -0.39 is 129 Å². The van der Waals surface area contributed by atoms with E-state index >= 15 is 0 Å². The zero-order valence-corrected chi connectivity index (χ0v) is 22.7. The van der Waals surface area contributed by atoms with Crippen LogP contribution >= 0.6 is 0 Å². The highest BCUT2D eigenvalue weighted by atomic mass is 16.8. The van der Waals surface area contributed by atoms with Crippen molar-refractivity contribution < 1.29 is 69.3 Å². The molecule has 19 heteroatoms. The van der Waals surface area contributed by atoms with Crippen LogP contribution in [0.4, 0.5) is 0 Å². The molecule has 0 amide bonds. The quantitative estimate of drug-likeness (QED) is 0.114. The van der Waals surface area contributed by atoms with Crippen LogP contribution in [0.3, 0.4) is 0 Å². The molecule has 4 fully saturated rings. The highest BCUT2D eigenvalue weighted by Gasteiger charge is 2.54. The van der Waals surface area contributed by atoms with Crippen LogP contribution in [0.15, 0.2) is 0 Å². The fourth-order valence-electron chi connectivity index (χ4n) is 5.70. The summed E-state index contributed by atoms with van der Waals surface area (Å²) in [6.45, 7) is -1.49. The van der Waals surface area contributed by atoms with E-state index in [0.717, 1.165) is 0 Å². The van der Waals surface area contributed by atoms with Gasteiger partial charge in [0, 0.05) is 18.6 Å². The molecule has 4 rings (SSSR count). The second kappa shape index (κ2) is 14.1. The second-order valence-electron chi connectivity index (χ2n) is 11.2. The topological polar surface area (TPSA) is 347 Å². The zero-order valence-electron chi connectivity index (χ0n) is 22.7. The van der Waals surface area contributed by atoms with Crippen molar-refractivity contribution in [3.8, 4) is 0 Å². The third-order valence-electron chi connectivity index (χ3n) is 8.32. The lowest BCUT2D eigenvalue weighted by Crippen LogP contribution is -2.68. The Balaban J connectivity index is 1.50. The largest absolute Gasteiger partial charge is 0.394 e. The van der Waals surface area contributed by atoms with Crippen molar-refractivity contribution in [3.63, 3.8) is 0 Å². The maximum atomic E-state index is 11.1. The normalized spacial score (nSPS) is 53.8. The van der Waals surface area contributed by atoms with Crippen LogP contribution in [0.5, 0.6) is 0 Å². The molecular formula is C23H45N5O14. The molecule has 0 bridgehead atoms. The lowest BCUT2D eigenvalue weighted by molar-refractivity contribution is -0.310. The van der Waals surface area contributed by atoms with Crippen molar-refractivity contribution in [3.05, 3.63) is 0 Å². The van der Waals surface area contributed by atoms with Crippen LogP contribution in [0.2, 0.25) is 0 Å². The molecule has 0 radical (unpaired) electrons. The van der Waals surface area contributed by atoms with Gasteiger partial charge in [-0.25, -0.2) is 0 Å². The van der Waals surface area contributed by atoms with Gasteiger partial charge in [-0.15, -0.1) is 0 Å². The van der Waals surface area contributed by atoms with Gasteiger partial charge in [0.2, 0.25) is 0 Å². The Morgan fingerprint density at radius 2 is 1.00 bits per heavy atom. The molecule has 3 heterocycles. The van der Waals surface area contributed by atoms with E-state index in [4.69, 9.17) is 57.1 Å². The third kappa shape index (κ3) is 6.60. The van der Waals surface area contributed by atoms with E-state index in [0.29, 0.717) is 0 Å². The minimum absolute atomic E-state index is 0.0642. The molecule has 4 aliphatic rings. The van der Waals surface area contributed by atoms with Crippen molar-refractivity contribution in [2.24, 2.45) is 28.7 Å². The Kier molecular flexibility index (Phi) is 11.5. The number of ether oxygens (including phenoxy) is 6. The van der Waals surface area contributed by atoms with Crippen LogP contribution in [0.25, 0.3) is 0 Å². The molecule has 42 heavy (non-hydrogen) atoms. The Morgan fingerprint density at radius 1 is 0.524 bits per heavy atom. The van der Waals surface area contributed by atoms with Crippen LogP contribution in [0.1, 0.15) is 6.42 Å². The summed E-state index contributed by atoms with van der Waals surface area (Å²) in [6.07, 6.45) is -20.5. The second-order valence-corrected chi connectivity index (χ2v) is 11.2. The van der Waals surface area contributed by atoms with Gasteiger partial charge in [0.15, 0.2) is 18.9 Å². The monoisotopic (exact) mass is 615 g/mol. The summed E-state index contributed by atoms with van der Waals surface area (Å²) in [6, 6.07) is -4.30. The first-order valence-corrected chi connectivity index (χ1v) is 13.8. The van der Waals surface area contributed by atoms with Crippen LogP contribution in [-0.2, 0) is 28.4 Å². The predicted molar refractivity (Wildman–Crippen MR) is 136 cm³/mol. The predicted octanol–water partition coefficient (Wildman–Crippen LogP) is -8.86. The number of hydrogen-bond donors (Lipinski definition) is 13. The van der Waals surface area contributed by atoms with Gasteiger partial charge < -0.3 is 97.9 Å². The molecule has 18 N–H and O–H groups in total. The van der Waals surface area contributed by atoms with Gasteiger partial charge in [0.05, 0.1) is 31.4 Å². The van der Waals surface area contributed by atoms with Crippen LogP contribution < -0.4 is 28.7 Å². The summed E-state index contributed by atoms with van der Waals surface area (Å²) in [4.78, 5) is 0.